The van der Waals surface area contributed by atoms with Crippen molar-refractivity contribution in [1.29, 1.82) is 0 Å². The number of amides is 1. The Kier molecular flexibility index (Phi) is 6.73. The summed E-state index contributed by atoms with van der Waals surface area (Å²) in [7, 11) is 0. The van der Waals surface area contributed by atoms with E-state index >= 15 is 0 Å². The fourth-order valence-electron chi connectivity index (χ4n) is 4.14. The molecule has 1 atom stereocenters. The summed E-state index contributed by atoms with van der Waals surface area (Å²) in [5.74, 6) is -1.54. The maximum absolute atomic E-state index is 13.5. The van der Waals surface area contributed by atoms with Crippen molar-refractivity contribution in [3.8, 4) is 0 Å². The SMILES string of the molecule is O=C1N=C(N2CCOC[C@@H]2C(=O)O)S/C1=C\c1ccc2c(cnn2Cc2ccc(Cl)cc2C(F)(F)F)c1. The van der Waals surface area contributed by atoms with Crippen molar-refractivity contribution in [3.05, 3.63) is 69.2 Å². The number of hydrogen-bond donors (Lipinski definition) is 1. The summed E-state index contributed by atoms with van der Waals surface area (Å²) >= 11 is 6.86. The second-order valence-corrected chi connectivity index (χ2v) is 9.80. The van der Waals surface area contributed by atoms with Crippen molar-refractivity contribution >= 4 is 57.4 Å². The molecule has 13 heteroatoms. The molecule has 2 aliphatic heterocycles. The lowest BCUT2D eigenvalue weighted by molar-refractivity contribution is -0.146. The van der Waals surface area contributed by atoms with Crippen molar-refractivity contribution in [2.75, 3.05) is 19.8 Å². The number of aliphatic carboxylic acids is 1. The number of benzene rings is 2. The summed E-state index contributed by atoms with van der Waals surface area (Å²) < 4.78 is 47.2. The minimum atomic E-state index is -4.55. The zero-order chi connectivity index (χ0) is 26.3. The highest BCUT2D eigenvalue weighted by molar-refractivity contribution is 8.18. The average molecular weight is 551 g/mol. The minimum absolute atomic E-state index is 0.00218. The lowest BCUT2D eigenvalue weighted by atomic mass is 10.1. The molecule has 0 bridgehead atoms. The quantitative estimate of drug-likeness (QED) is 0.477. The van der Waals surface area contributed by atoms with Crippen LogP contribution >= 0.6 is 23.4 Å². The van der Waals surface area contributed by atoms with Crippen LogP contribution in [0, 0.1) is 0 Å². The van der Waals surface area contributed by atoms with Gasteiger partial charge in [0.1, 0.15) is 0 Å². The number of thioether (sulfide) groups is 1. The summed E-state index contributed by atoms with van der Waals surface area (Å²) in [6.45, 7) is 0.533. The molecule has 1 fully saturated rings. The number of carboxylic acid groups (broad SMARTS) is 1. The van der Waals surface area contributed by atoms with Crippen molar-refractivity contribution in [1.82, 2.24) is 14.7 Å². The van der Waals surface area contributed by atoms with Crippen LogP contribution in [0.3, 0.4) is 0 Å². The minimum Gasteiger partial charge on any atom is -0.480 e. The van der Waals surface area contributed by atoms with Crippen molar-refractivity contribution in [2.24, 2.45) is 4.99 Å². The predicted molar refractivity (Wildman–Crippen MR) is 132 cm³/mol. The zero-order valence-electron chi connectivity index (χ0n) is 18.9. The maximum Gasteiger partial charge on any atom is 0.416 e. The molecule has 192 valence electrons. The first-order valence-corrected chi connectivity index (χ1v) is 12.2. The van der Waals surface area contributed by atoms with Gasteiger partial charge in [0.05, 0.1) is 41.9 Å². The molecule has 1 aromatic heterocycles. The number of hydrogen-bond acceptors (Lipinski definition) is 6. The molecule has 1 N–H and O–H groups in total. The molecule has 2 aromatic carbocycles. The lowest BCUT2D eigenvalue weighted by Crippen LogP contribution is -2.51. The molecule has 3 aromatic rings. The van der Waals surface area contributed by atoms with Crippen LogP contribution in [0.5, 0.6) is 0 Å². The topological polar surface area (TPSA) is 97.0 Å². The van der Waals surface area contributed by atoms with Crippen LogP contribution in [0.15, 0.2) is 52.5 Å². The molecule has 0 saturated carbocycles. The van der Waals surface area contributed by atoms with Gasteiger partial charge in [0.2, 0.25) is 0 Å². The Morgan fingerprint density at radius 3 is 2.84 bits per heavy atom. The molecular formula is C24H18ClF3N4O4S. The van der Waals surface area contributed by atoms with Crippen molar-refractivity contribution in [3.63, 3.8) is 0 Å². The normalized spacial score (nSPS) is 19.6. The summed E-state index contributed by atoms with van der Waals surface area (Å²) in [5.41, 5.74) is 0.500. The van der Waals surface area contributed by atoms with Gasteiger partial charge >= 0.3 is 12.1 Å². The highest BCUT2D eigenvalue weighted by atomic mass is 35.5. The Morgan fingerprint density at radius 2 is 2.08 bits per heavy atom. The molecular weight excluding hydrogens is 533 g/mol. The Hall–Kier alpha value is -3.35. The number of carboxylic acids is 1. The van der Waals surface area contributed by atoms with Crippen LogP contribution in [0.25, 0.3) is 17.0 Å². The number of rotatable bonds is 4. The highest BCUT2D eigenvalue weighted by Crippen LogP contribution is 2.35. The fraction of sp³-hybridized carbons (Fsp3) is 0.250. The molecule has 0 spiro atoms. The number of carbonyl (C=O) groups is 2. The molecule has 2 aliphatic rings. The smallest absolute Gasteiger partial charge is 0.416 e. The largest absolute Gasteiger partial charge is 0.480 e. The summed E-state index contributed by atoms with van der Waals surface area (Å²) in [6, 6.07) is 7.92. The molecule has 0 unspecified atom stereocenters. The van der Waals surface area contributed by atoms with E-state index in [4.69, 9.17) is 16.3 Å². The predicted octanol–water partition coefficient (Wildman–Crippen LogP) is 4.51. The van der Waals surface area contributed by atoms with Gasteiger partial charge in [0, 0.05) is 17.0 Å². The summed E-state index contributed by atoms with van der Waals surface area (Å²) in [5, 5.41) is 14.7. The Morgan fingerprint density at radius 1 is 1.27 bits per heavy atom. The van der Waals surface area contributed by atoms with Gasteiger partial charge in [-0.3, -0.25) is 9.48 Å². The van der Waals surface area contributed by atoms with Crippen molar-refractivity contribution in [2.45, 2.75) is 18.8 Å². The number of carbonyl (C=O) groups excluding carboxylic acids is 1. The zero-order valence-corrected chi connectivity index (χ0v) is 20.5. The lowest BCUT2D eigenvalue weighted by Gasteiger charge is -2.33. The van der Waals surface area contributed by atoms with E-state index in [1.165, 1.54) is 23.0 Å². The number of morpholine rings is 1. The number of fused-ring (bicyclic) bond motifs is 1. The van der Waals surface area contributed by atoms with Gasteiger partial charge in [-0.25, -0.2) is 4.79 Å². The van der Waals surface area contributed by atoms with Gasteiger partial charge in [-0.1, -0.05) is 23.7 Å². The maximum atomic E-state index is 13.5. The van der Waals surface area contributed by atoms with Gasteiger partial charge < -0.3 is 14.7 Å². The number of aliphatic imine (C=N–C) groups is 1. The van der Waals surface area contributed by atoms with Crippen LogP contribution < -0.4 is 0 Å². The first kappa shape index (κ1) is 25.3. The highest BCUT2D eigenvalue weighted by Gasteiger charge is 2.36. The van der Waals surface area contributed by atoms with Gasteiger partial charge in [-0.15, -0.1) is 0 Å². The van der Waals surface area contributed by atoms with Gasteiger partial charge in [-0.2, -0.15) is 23.3 Å². The third-order valence-electron chi connectivity index (χ3n) is 5.93. The van der Waals surface area contributed by atoms with Gasteiger partial charge in [-0.05, 0) is 53.2 Å². The second kappa shape index (κ2) is 9.84. The van der Waals surface area contributed by atoms with E-state index in [0.29, 0.717) is 39.7 Å². The number of alkyl halides is 3. The molecule has 0 aliphatic carbocycles. The number of nitrogens with zero attached hydrogens (tertiary/aromatic N) is 4. The van der Waals surface area contributed by atoms with Crippen LogP contribution in [0.2, 0.25) is 5.02 Å². The van der Waals surface area contributed by atoms with Crippen LogP contribution in [-0.2, 0) is 27.0 Å². The molecule has 5 rings (SSSR count). The number of halogens is 4. The molecule has 3 heterocycles. The van der Waals surface area contributed by atoms with E-state index in [1.807, 2.05) is 0 Å². The molecule has 8 nitrogen and oxygen atoms in total. The average Bonchev–Trinajstić information content (AvgIpc) is 3.42. The Bertz CT molecular complexity index is 1470. The molecule has 1 saturated heterocycles. The van der Waals surface area contributed by atoms with Crippen molar-refractivity contribution < 1.29 is 32.6 Å². The standard InChI is InChI=1S/C24H18ClF3N4O4S/c25-16-3-2-14(17(9-16)24(26,27)28)11-32-18-4-1-13(7-15(18)10-29-32)8-20-21(33)30-23(37-20)31-5-6-36-12-19(31)22(34)35/h1-4,7-10,19H,5-6,11-12H2,(H,34,35)/b20-8-/t19-/m1/s1. The fourth-order valence-corrected chi connectivity index (χ4v) is 5.30. The van der Waals surface area contributed by atoms with E-state index in [9.17, 15) is 27.9 Å². The van der Waals surface area contributed by atoms with E-state index in [0.717, 1.165) is 17.8 Å². The summed E-state index contributed by atoms with van der Waals surface area (Å²) in [4.78, 5) is 30.0. The summed E-state index contributed by atoms with van der Waals surface area (Å²) in [6.07, 6.45) is -1.38. The third-order valence-corrected chi connectivity index (χ3v) is 7.19. The second-order valence-electron chi connectivity index (χ2n) is 8.35. The monoisotopic (exact) mass is 550 g/mol. The molecule has 1 amide bonds. The Balaban J connectivity index is 1.37. The van der Waals surface area contributed by atoms with Gasteiger partial charge in [0.25, 0.3) is 5.91 Å². The first-order valence-electron chi connectivity index (χ1n) is 11.0. The van der Waals surface area contributed by atoms with Crippen LogP contribution in [-0.4, -0.2) is 62.6 Å². The van der Waals surface area contributed by atoms with Gasteiger partial charge in [0.15, 0.2) is 11.2 Å². The number of amidine groups is 1. The molecule has 37 heavy (non-hydrogen) atoms. The number of aromatic nitrogens is 2. The first-order chi connectivity index (χ1) is 17.6. The van der Waals surface area contributed by atoms with Crippen LogP contribution in [0.4, 0.5) is 13.2 Å². The number of ether oxygens (including phenoxy) is 1. The molecule has 0 radical (unpaired) electrons. The third kappa shape index (κ3) is 5.22. The Labute approximate surface area is 217 Å². The van der Waals surface area contributed by atoms with E-state index in [1.54, 1.807) is 29.2 Å². The van der Waals surface area contributed by atoms with E-state index in [-0.39, 0.29) is 23.7 Å². The van der Waals surface area contributed by atoms with E-state index < -0.39 is 29.7 Å². The van der Waals surface area contributed by atoms with E-state index in [2.05, 4.69) is 10.1 Å². The van der Waals surface area contributed by atoms with Crippen LogP contribution in [0.1, 0.15) is 16.7 Å².